The third kappa shape index (κ3) is 3.06. The van der Waals surface area contributed by atoms with E-state index >= 15 is 0 Å². The van der Waals surface area contributed by atoms with Crippen molar-refractivity contribution in [2.75, 3.05) is 5.32 Å². The Morgan fingerprint density at radius 1 is 1.29 bits per heavy atom. The van der Waals surface area contributed by atoms with Crippen molar-refractivity contribution in [2.24, 2.45) is 0 Å². The zero-order valence-electron chi connectivity index (χ0n) is 9.24. The summed E-state index contributed by atoms with van der Waals surface area (Å²) in [6.07, 6.45) is 3.31. The highest BCUT2D eigenvalue weighted by atomic mass is 35.5. The first-order valence-corrected chi connectivity index (χ1v) is 6.50. The van der Waals surface area contributed by atoms with Crippen molar-refractivity contribution in [1.82, 2.24) is 15.0 Å². The molecule has 4 nitrogen and oxygen atoms in total. The smallest absolute Gasteiger partial charge is 0.224 e. The lowest BCUT2D eigenvalue weighted by atomic mass is 10.3. The summed E-state index contributed by atoms with van der Waals surface area (Å²) < 4.78 is 0. The summed E-state index contributed by atoms with van der Waals surface area (Å²) in [5.41, 5.74) is 0. The molecular weight excluding hydrogens is 279 g/mol. The van der Waals surface area contributed by atoms with Crippen LogP contribution in [0.4, 0.5) is 5.82 Å². The van der Waals surface area contributed by atoms with E-state index in [1.807, 2.05) is 20.0 Å². The van der Waals surface area contributed by atoms with Crippen LogP contribution in [0.1, 0.15) is 22.9 Å². The topological polar surface area (TPSA) is 50.7 Å². The average Bonchev–Trinajstić information content (AvgIpc) is 2.70. The fourth-order valence-electron chi connectivity index (χ4n) is 1.29. The molecule has 2 rings (SSSR count). The fourth-order valence-corrected chi connectivity index (χ4v) is 2.34. The van der Waals surface area contributed by atoms with Crippen molar-refractivity contribution in [3.8, 4) is 0 Å². The summed E-state index contributed by atoms with van der Waals surface area (Å²) in [7, 11) is 0. The van der Waals surface area contributed by atoms with E-state index in [-0.39, 0.29) is 11.3 Å². The minimum Gasteiger partial charge on any atom is -0.360 e. The number of hydrogen-bond donors (Lipinski definition) is 1. The van der Waals surface area contributed by atoms with Crippen molar-refractivity contribution in [1.29, 1.82) is 0 Å². The molecule has 0 saturated heterocycles. The number of thiazole rings is 1. The van der Waals surface area contributed by atoms with Crippen molar-refractivity contribution in [2.45, 2.75) is 19.9 Å². The van der Waals surface area contributed by atoms with Gasteiger partial charge in [0.05, 0.1) is 12.2 Å². The Balaban J connectivity index is 2.18. The molecule has 0 aliphatic heterocycles. The average molecular weight is 289 g/mol. The highest BCUT2D eigenvalue weighted by molar-refractivity contribution is 7.11. The molecule has 0 fully saturated rings. The van der Waals surface area contributed by atoms with Gasteiger partial charge in [0.1, 0.15) is 15.8 Å². The molecule has 1 unspecified atom stereocenters. The number of anilines is 1. The third-order valence-electron chi connectivity index (χ3n) is 2.08. The third-order valence-corrected chi connectivity index (χ3v) is 3.63. The van der Waals surface area contributed by atoms with Gasteiger partial charge in [0.2, 0.25) is 5.28 Å². The Bertz CT molecular complexity index is 529. The van der Waals surface area contributed by atoms with Gasteiger partial charge in [0.25, 0.3) is 0 Å². The summed E-state index contributed by atoms with van der Waals surface area (Å²) in [5.74, 6) is 0.520. The van der Waals surface area contributed by atoms with Crippen LogP contribution in [-0.2, 0) is 0 Å². The second kappa shape index (κ2) is 5.16. The van der Waals surface area contributed by atoms with E-state index in [9.17, 15) is 0 Å². The lowest BCUT2D eigenvalue weighted by Crippen LogP contribution is -2.08. The van der Waals surface area contributed by atoms with Gasteiger partial charge in [-0.1, -0.05) is 11.6 Å². The Morgan fingerprint density at radius 2 is 2.06 bits per heavy atom. The van der Waals surface area contributed by atoms with Crippen LogP contribution in [0.3, 0.4) is 0 Å². The number of hydrogen-bond acceptors (Lipinski definition) is 5. The Kier molecular flexibility index (Phi) is 3.81. The van der Waals surface area contributed by atoms with E-state index in [0.29, 0.717) is 10.8 Å². The van der Waals surface area contributed by atoms with Crippen LogP contribution >= 0.6 is 34.5 Å². The summed E-state index contributed by atoms with van der Waals surface area (Å²) in [5, 5.41) is 4.75. The minimum absolute atomic E-state index is 0.0252. The molecule has 0 amide bonds. The summed E-state index contributed by atoms with van der Waals surface area (Å²) in [6.45, 7) is 4.01. The van der Waals surface area contributed by atoms with E-state index in [4.69, 9.17) is 23.2 Å². The van der Waals surface area contributed by atoms with Crippen molar-refractivity contribution in [3.63, 3.8) is 0 Å². The molecule has 0 aromatic carbocycles. The number of aromatic nitrogens is 3. The maximum atomic E-state index is 5.97. The van der Waals surface area contributed by atoms with Crippen molar-refractivity contribution in [3.05, 3.63) is 32.6 Å². The maximum Gasteiger partial charge on any atom is 0.224 e. The summed E-state index contributed by atoms with van der Waals surface area (Å²) >= 11 is 13.3. The lowest BCUT2D eigenvalue weighted by molar-refractivity contribution is 0.858. The number of nitrogens with zero attached hydrogens (tertiary/aromatic N) is 3. The number of halogens is 2. The van der Waals surface area contributed by atoms with E-state index in [1.165, 1.54) is 11.1 Å². The molecule has 0 saturated carbocycles. The van der Waals surface area contributed by atoms with Gasteiger partial charge in [-0.05, 0) is 25.4 Å². The van der Waals surface area contributed by atoms with E-state index in [0.717, 1.165) is 5.01 Å². The van der Waals surface area contributed by atoms with E-state index in [1.54, 1.807) is 11.3 Å². The monoisotopic (exact) mass is 288 g/mol. The highest BCUT2D eigenvalue weighted by Crippen LogP contribution is 2.26. The van der Waals surface area contributed by atoms with Crippen LogP contribution in [0.15, 0.2) is 12.4 Å². The molecule has 0 aliphatic carbocycles. The van der Waals surface area contributed by atoms with Crippen molar-refractivity contribution < 1.29 is 0 Å². The molecule has 0 spiro atoms. The van der Waals surface area contributed by atoms with Crippen LogP contribution in [0.25, 0.3) is 0 Å². The zero-order valence-corrected chi connectivity index (χ0v) is 11.6. The second-order valence-corrected chi connectivity index (χ2v) is 5.52. The van der Waals surface area contributed by atoms with Crippen LogP contribution in [0.2, 0.25) is 10.3 Å². The van der Waals surface area contributed by atoms with E-state index in [2.05, 4.69) is 20.3 Å². The van der Waals surface area contributed by atoms with Gasteiger partial charge >= 0.3 is 0 Å². The Hall–Kier alpha value is -0.910. The predicted molar refractivity (Wildman–Crippen MR) is 70.9 cm³/mol. The number of rotatable bonds is 3. The van der Waals surface area contributed by atoms with Gasteiger partial charge in [-0.25, -0.2) is 9.97 Å². The standard InChI is InChI=1S/C10H10Cl2N4S/c1-5-3-13-9(17-5)6(2)15-8-7(11)4-14-10(12)16-8/h3-4,6H,1-2H3,(H,14,15,16). The number of nitrogens with one attached hydrogen (secondary N) is 1. The van der Waals surface area contributed by atoms with Crippen LogP contribution in [0, 0.1) is 6.92 Å². The normalized spacial score (nSPS) is 12.5. The largest absolute Gasteiger partial charge is 0.360 e. The molecule has 0 radical (unpaired) electrons. The van der Waals surface area contributed by atoms with Gasteiger partial charge in [0.15, 0.2) is 0 Å². The summed E-state index contributed by atoms with van der Waals surface area (Å²) in [6, 6.07) is 0.0252. The lowest BCUT2D eigenvalue weighted by Gasteiger charge is -2.12. The maximum absolute atomic E-state index is 5.97. The molecule has 17 heavy (non-hydrogen) atoms. The van der Waals surface area contributed by atoms with Gasteiger partial charge in [0, 0.05) is 11.1 Å². The minimum atomic E-state index is 0.0252. The van der Waals surface area contributed by atoms with Gasteiger partial charge in [-0.15, -0.1) is 11.3 Å². The molecule has 1 atom stereocenters. The molecule has 2 aromatic heterocycles. The molecule has 2 heterocycles. The quantitative estimate of drug-likeness (QED) is 0.875. The predicted octanol–water partition coefficient (Wildman–Crippen LogP) is 3.72. The van der Waals surface area contributed by atoms with Crippen molar-refractivity contribution >= 4 is 40.4 Å². The molecule has 1 N–H and O–H groups in total. The Labute approximate surface area is 113 Å². The van der Waals surface area contributed by atoms with Crippen LogP contribution in [0.5, 0.6) is 0 Å². The SMILES string of the molecule is Cc1cnc(C(C)Nc2nc(Cl)ncc2Cl)s1. The van der Waals surface area contributed by atoms with Crippen LogP contribution in [-0.4, -0.2) is 15.0 Å². The van der Waals surface area contributed by atoms with Gasteiger partial charge in [-0.2, -0.15) is 4.98 Å². The van der Waals surface area contributed by atoms with Gasteiger partial charge in [-0.3, -0.25) is 0 Å². The zero-order chi connectivity index (χ0) is 12.4. The fraction of sp³-hybridized carbons (Fsp3) is 0.300. The summed E-state index contributed by atoms with van der Waals surface area (Å²) in [4.78, 5) is 13.3. The molecule has 0 bridgehead atoms. The second-order valence-electron chi connectivity index (χ2n) is 3.51. The molecule has 7 heteroatoms. The van der Waals surface area contributed by atoms with Gasteiger partial charge < -0.3 is 5.32 Å². The highest BCUT2D eigenvalue weighted by Gasteiger charge is 2.12. The van der Waals surface area contributed by atoms with Crippen LogP contribution < -0.4 is 5.32 Å². The molecule has 0 aliphatic rings. The molecular formula is C10H10Cl2N4S. The number of aryl methyl sites for hydroxylation is 1. The first-order chi connectivity index (χ1) is 8.06. The first kappa shape index (κ1) is 12.5. The molecule has 90 valence electrons. The first-order valence-electron chi connectivity index (χ1n) is 4.93. The molecule has 2 aromatic rings. The van der Waals surface area contributed by atoms with E-state index < -0.39 is 0 Å². The Morgan fingerprint density at radius 3 is 2.71 bits per heavy atom.